The molecule has 0 aromatic carbocycles. The molecule has 0 heterocycles. The van der Waals surface area contributed by atoms with E-state index in [1.165, 1.54) is 0 Å². The second-order valence-electron chi connectivity index (χ2n) is 10.4. The molecule has 0 saturated heterocycles. The van der Waals surface area contributed by atoms with Gasteiger partial charge in [-0.2, -0.15) is 0 Å². The molecule has 10 atom stereocenters. The first-order valence-corrected chi connectivity index (χ1v) is 10.5. The summed E-state index contributed by atoms with van der Waals surface area (Å²) in [5, 5.41) is 55.5. The maximum atomic E-state index is 12.0. The quantitative estimate of drug-likeness (QED) is 0.484. The zero-order chi connectivity index (χ0) is 19.1. The molecule has 0 spiro atoms. The van der Waals surface area contributed by atoms with E-state index in [1.54, 1.807) is 6.92 Å². The molecular formula is C21H36O5. The molecule has 4 unspecified atom stereocenters. The second-order valence-corrected chi connectivity index (χ2v) is 10.4. The van der Waals surface area contributed by atoms with Gasteiger partial charge in [0, 0.05) is 5.41 Å². The van der Waals surface area contributed by atoms with Gasteiger partial charge in [-0.1, -0.05) is 13.8 Å². The molecule has 0 amide bonds. The minimum atomic E-state index is -1.38. The maximum absolute atomic E-state index is 12.0. The van der Waals surface area contributed by atoms with Crippen LogP contribution in [0.3, 0.4) is 0 Å². The Kier molecular flexibility index (Phi) is 4.17. The Morgan fingerprint density at radius 2 is 1.62 bits per heavy atom. The maximum Gasteiger partial charge on any atom is 0.102 e. The smallest absolute Gasteiger partial charge is 0.102 e. The predicted molar refractivity (Wildman–Crippen MR) is 97.2 cm³/mol. The van der Waals surface area contributed by atoms with Crippen LogP contribution in [0.4, 0.5) is 0 Å². The number of fused-ring (bicyclic) bond motifs is 5. The number of aliphatic hydroxyl groups is 5. The highest BCUT2D eigenvalue weighted by Gasteiger charge is 2.76. The van der Waals surface area contributed by atoms with Gasteiger partial charge in [0.2, 0.25) is 0 Å². The Bertz CT molecular complexity index is 581. The van der Waals surface area contributed by atoms with Crippen LogP contribution in [0.5, 0.6) is 0 Å². The van der Waals surface area contributed by atoms with Crippen LogP contribution < -0.4 is 0 Å². The highest BCUT2D eigenvalue weighted by molar-refractivity contribution is 5.26. The summed E-state index contributed by atoms with van der Waals surface area (Å²) in [6, 6.07) is 0. The monoisotopic (exact) mass is 368 g/mol. The van der Waals surface area contributed by atoms with Crippen LogP contribution in [0, 0.1) is 28.6 Å². The van der Waals surface area contributed by atoms with Crippen LogP contribution >= 0.6 is 0 Å². The van der Waals surface area contributed by atoms with Crippen molar-refractivity contribution in [2.45, 2.75) is 102 Å². The standard InChI is InChI=1S/C21H36O5/c1-12(22)15-6-9-21(26)19(15,3)17(24)11-16-18(2)7-5-14(23)10-13(18)4-8-20(16,21)25/h12-17,22-26H,4-11H2,1-3H3/t12?,13?,14?,15-,16-,17?,18+,19+,20+,21+/m1/s1. The van der Waals surface area contributed by atoms with E-state index in [1.807, 2.05) is 6.92 Å². The third-order valence-corrected chi connectivity index (χ3v) is 9.68. The lowest BCUT2D eigenvalue weighted by atomic mass is 9.40. The number of hydrogen-bond donors (Lipinski definition) is 5. The summed E-state index contributed by atoms with van der Waals surface area (Å²) in [7, 11) is 0. The van der Waals surface area contributed by atoms with Crippen molar-refractivity contribution < 1.29 is 25.5 Å². The number of rotatable bonds is 1. The highest BCUT2D eigenvalue weighted by Crippen LogP contribution is 2.70. The predicted octanol–water partition coefficient (Wildman–Crippen LogP) is 1.59. The fraction of sp³-hybridized carbons (Fsp3) is 1.00. The Balaban J connectivity index is 1.78. The van der Waals surface area contributed by atoms with Gasteiger partial charge in [0.05, 0.1) is 23.9 Å². The highest BCUT2D eigenvalue weighted by atomic mass is 16.4. The molecule has 4 saturated carbocycles. The van der Waals surface area contributed by atoms with Crippen LogP contribution in [0.2, 0.25) is 0 Å². The molecule has 5 N–H and O–H groups in total. The van der Waals surface area contributed by atoms with E-state index < -0.39 is 28.8 Å². The Morgan fingerprint density at radius 1 is 0.923 bits per heavy atom. The van der Waals surface area contributed by atoms with Gasteiger partial charge >= 0.3 is 0 Å². The van der Waals surface area contributed by atoms with Gasteiger partial charge in [0.15, 0.2) is 0 Å². The first-order chi connectivity index (χ1) is 12.0. The first-order valence-electron chi connectivity index (χ1n) is 10.5. The summed E-state index contributed by atoms with van der Waals surface area (Å²) in [4.78, 5) is 0. The zero-order valence-corrected chi connectivity index (χ0v) is 16.4. The SMILES string of the molecule is CC(O)[C@H]1CC[C@@]2(O)[C@]3(O)CCC4CC(O)CC[C@]4(C)[C@H]3CC(O)[C@]12C. The average molecular weight is 369 g/mol. The largest absolute Gasteiger partial charge is 0.393 e. The lowest BCUT2D eigenvalue weighted by Gasteiger charge is -2.68. The second kappa shape index (κ2) is 5.66. The van der Waals surface area contributed by atoms with Crippen molar-refractivity contribution in [3.63, 3.8) is 0 Å². The molecule has 4 aliphatic rings. The van der Waals surface area contributed by atoms with Gasteiger partial charge < -0.3 is 25.5 Å². The number of hydrogen-bond acceptors (Lipinski definition) is 5. The summed E-state index contributed by atoms with van der Waals surface area (Å²) >= 11 is 0. The fourth-order valence-corrected chi connectivity index (χ4v) is 8.03. The first kappa shape index (κ1) is 19.1. The normalized spacial score (nSPS) is 60.7. The zero-order valence-electron chi connectivity index (χ0n) is 16.4. The average Bonchev–Trinajstić information content (AvgIpc) is 2.86. The molecule has 0 radical (unpaired) electrons. The van der Waals surface area contributed by atoms with Gasteiger partial charge in [-0.3, -0.25) is 0 Å². The van der Waals surface area contributed by atoms with Gasteiger partial charge in [-0.05, 0) is 81.5 Å². The van der Waals surface area contributed by atoms with E-state index in [0.29, 0.717) is 31.6 Å². The third kappa shape index (κ3) is 2.04. The van der Waals surface area contributed by atoms with E-state index >= 15 is 0 Å². The summed E-state index contributed by atoms with van der Waals surface area (Å²) in [6.07, 6.45) is 3.47. The van der Waals surface area contributed by atoms with Gasteiger partial charge in [-0.15, -0.1) is 0 Å². The lowest BCUT2D eigenvalue weighted by Crippen LogP contribution is -2.76. The molecule has 150 valence electrons. The van der Waals surface area contributed by atoms with Crippen LogP contribution in [0.15, 0.2) is 0 Å². The molecular weight excluding hydrogens is 332 g/mol. The molecule has 5 heteroatoms. The van der Waals surface area contributed by atoms with E-state index in [0.717, 1.165) is 25.7 Å². The van der Waals surface area contributed by atoms with E-state index in [-0.39, 0.29) is 23.4 Å². The Morgan fingerprint density at radius 3 is 2.27 bits per heavy atom. The van der Waals surface area contributed by atoms with Crippen LogP contribution in [0.1, 0.15) is 72.1 Å². The van der Waals surface area contributed by atoms with Crippen LogP contribution in [0.25, 0.3) is 0 Å². The Hall–Kier alpha value is -0.200. The van der Waals surface area contributed by atoms with Crippen molar-refractivity contribution in [2.75, 3.05) is 0 Å². The van der Waals surface area contributed by atoms with Crippen LogP contribution in [-0.4, -0.2) is 55.0 Å². The molecule has 0 aromatic heterocycles. The fourth-order valence-electron chi connectivity index (χ4n) is 8.03. The third-order valence-electron chi connectivity index (χ3n) is 9.68. The summed E-state index contributed by atoms with van der Waals surface area (Å²) in [5.74, 6) is -0.0705. The number of aliphatic hydroxyl groups excluding tert-OH is 3. The van der Waals surface area contributed by atoms with Crippen molar-refractivity contribution in [1.29, 1.82) is 0 Å². The molecule has 4 rings (SSSR count). The van der Waals surface area contributed by atoms with Gasteiger partial charge in [-0.25, -0.2) is 0 Å². The molecule has 4 fully saturated rings. The summed E-state index contributed by atoms with van der Waals surface area (Å²) in [6.45, 7) is 5.79. The molecule has 0 aromatic rings. The van der Waals surface area contributed by atoms with E-state index in [2.05, 4.69) is 6.92 Å². The van der Waals surface area contributed by atoms with E-state index in [4.69, 9.17) is 0 Å². The molecule has 26 heavy (non-hydrogen) atoms. The van der Waals surface area contributed by atoms with E-state index in [9.17, 15) is 25.5 Å². The van der Waals surface area contributed by atoms with Crippen molar-refractivity contribution >= 4 is 0 Å². The summed E-state index contributed by atoms with van der Waals surface area (Å²) < 4.78 is 0. The van der Waals surface area contributed by atoms with Crippen molar-refractivity contribution in [2.24, 2.45) is 28.6 Å². The van der Waals surface area contributed by atoms with Gasteiger partial charge in [0.1, 0.15) is 5.60 Å². The molecule has 0 aliphatic heterocycles. The molecule has 5 nitrogen and oxygen atoms in total. The minimum absolute atomic E-state index is 0.173. The van der Waals surface area contributed by atoms with Crippen molar-refractivity contribution in [3.8, 4) is 0 Å². The molecule has 0 bridgehead atoms. The topological polar surface area (TPSA) is 101 Å². The van der Waals surface area contributed by atoms with Gasteiger partial charge in [0.25, 0.3) is 0 Å². The molecule has 4 aliphatic carbocycles. The summed E-state index contributed by atoms with van der Waals surface area (Å²) in [5.41, 5.74) is -3.69. The van der Waals surface area contributed by atoms with Crippen molar-refractivity contribution in [3.05, 3.63) is 0 Å². The van der Waals surface area contributed by atoms with Crippen molar-refractivity contribution in [1.82, 2.24) is 0 Å². The van der Waals surface area contributed by atoms with Crippen LogP contribution in [-0.2, 0) is 0 Å². The minimum Gasteiger partial charge on any atom is -0.393 e. The Labute approximate surface area is 156 Å². The lowest BCUT2D eigenvalue weighted by molar-refractivity contribution is -0.323.